The van der Waals surface area contributed by atoms with Gasteiger partial charge >= 0.3 is 11.9 Å². The van der Waals surface area contributed by atoms with Gasteiger partial charge in [0.15, 0.2) is 6.79 Å². The Morgan fingerprint density at radius 3 is 2.00 bits per heavy atom. The summed E-state index contributed by atoms with van der Waals surface area (Å²) in [5.41, 5.74) is 0.606. The van der Waals surface area contributed by atoms with E-state index >= 15 is 0 Å². The summed E-state index contributed by atoms with van der Waals surface area (Å²) in [5.74, 6) is -1.12. The summed E-state index contributed by atoms with van der Waals surface area (Å²) in [5, 5.41) is 8.36. The summed E-state index contributed by atoms with van der Waals surface area (Å²) in [6, 6.07) is 5.73. The van der Waals surface area contributed by atoms with Gasteiger partial charge in [0.1, 0.15) is 0 Å². The first-order valence-corrected chi connectivity index (χ1v) is 4.15. The van der Waals surface area contributed by atoms with Crippen molar-refractivity contribution >= 4 is 11.9 Å². The van der Waals surface area contributed by atoms with Gasteiger partial charge in [-0.2, -0.15) is 0 Å². The summed E-state index contributed by atoms with van der Waals surface area (Å²) in [7, 11) is 1.27. The lowest BCUT2D eigenvalue weighted by Gasteiger charge is -2.02. The van der Waals surface area contributed by atoms with Crippen LogP contribution in [0.2, 0.25) is 0 Å². The lowest BCUT2D eigenvalue weighted by Crippen LogP contribution is -2.07. The topological polar surface area (TPSA) is 72.8 Å². The van der Waals surface area contributed by atoms with Crippen LogP contribution in [0, 0.1) is 0 Å². The van der Waals surface area contributed by atoms with E-state index < -0.39 is 18.7 Å². The number of carbonyl (C=O) groups is 2. The van der Waals surface area contributed by atoms with Crippen molar-refractivity contribution in [3.8, 4) is 0 Å². The van der Waals surface area contributed by atoms with Crippen LogP contribution in [-0.2, 0) is 9.47 Å². The number of carbonyl (C=O) groups excluding carboxylic acids is 2. The van der Waals surface area contributed by atoms with Gasteiger partial charge in [0.05, 0.1) is 18.2 Å². The molecule has 1 rings (SSSR count). The molecular weight excluding hydrogens is 200 g/mol. The Hall–Kier alpha value is -1.88. The fourth-order valence-electron chi connectivity index (χ4n) is 1.00. The maximum atomic E-state index is 11.1. The van der Waals surface area contributed by atoms with Gasteiger partial charge in [-0.3, -0.25) is 0 Å². The van der Waals surface area contributed by atoms with Crippen LogP contribution in [0.15, 0.2) is 24.3 Å². The van der Waals surface area contributed by atoms with E-state index in [1.165, 1.54) is 31.4 Å². The summed E-state index contributed by atoms with van der Waals surface area (Å²) in [4.78, 5) is 22.1. The van der Waals surface area contributed by atoms with E-state index in [1.54, 1.807) is 0 Å². The number of hydrogen-bond acceptors (Lipinski definition) is 5. The maximum absolute atomic E-state index is 11.1. The highest BCUT2D eigenvalue weighted by atomic mass is 16.6. The Labute approximate surface area is 86.2 Å². The minimum Gasteiger partial charge on any atom is -0.465 e. The summed E-state index contributed by atoms with van der Waals surface area (Å²) in [6.07, 6.45) is 0. The smallest absolute Gasteiger partial charge is 0.340 e. The van der Waals surface area contributed by atoms with E-state index in [0.29, 0.717) is 5.56 Å². The normalized spacial score (nSPS) is 9.47. The van der Waals surface area contributed by atoms with Crippen LogP contribution in [-0.4, -0.2) is 30.9 Å². The highest BCUT2D eigenvalue weighted by molar-refractivity contribution is 5.93. The Bertz CT molecular complexity index is 355. The first-order valence-electron chi connectivity index (χ1n) is 4.15. The van der Waals surface area contributed by atoms with Crippen molar-refractivity contribution < 1.29 is 24.2 Å². The van der Waals surface area contributed by atoms with E-state index in [-0.39, 0.29) is 5.56 Å². The molecule has 0 amide bonds. The number of aliphatic hydroxyl groups is 1. The van der Waals surface area contributed by atoms with Gasteiger partial charge in [-0.15, -0.1) is 0 Å². The van der Waals surface area contributed by atoms with Crippen molar-refractivity contribution in [2.45, 2.75) is 0 Å². The predicted octanol–water partition coefficient (Wildman–Crippen LogP) is 0.580. The van der Waals surface area contributed by atoms with Crippen molar-refractivity contribution in [2.24, 2.45) is 0 Å². The largest absolute Gasteiger partial charge is 0.465 e. The third-order valence-corrected chi connectivity index (χ3v) is 1.74. The van der Waals surface area contributed by atoms with E-state index in [4.69, 9.17) is 5.11 Å². The Morgan fingerprint density at radius 1 is 1.13 bits per heavy atom. The molecule has 80 valence electrons. The fraction of sp³-hybridized carbons (Fsp3) is 0.200. The molecule has 1 N–H and O–H groups in total. The van der Waals surface area contributed by atoms with Gasteiger partial charge in [-0.1, -0.05) is 0 Å². The Balaban J connectivity index is 2.80. The molecule has 5 heteroatoms. The SMILES string of the molecule is COC(=O)c1ccc(C(=O)OCO)cc1. The number of benzene rings is 1. The van der Waals surface area contributed by atoms with Crippen molar-refractivity contribution in [2.75, 3.05) is 13.9 Å². The second kappa shape index (κ2) is 5.11. The van der Waals surface area contributed by atoms with Gasteiger partial charge in [-0.25, -0.2) is 9.59 Å². The average Bonchev–Trinajstić information content (AvgIpc) is 2.28. The standard InChI is InChI=1S/C10H10O5/c1-14-9(12)7-2-4-8(5-3-7)10(13)15-6-11/h2-5,11H,6H2,1H3. The molecule has 0 aliphatic heterocycles. The zero-order chi connectivity index (χ0) is 11.3. The second-order valence-corrected chi connectivity index (χ2v) is 2.63. The lowest BCUT2D eigenvalue weighted by atomic mass is 10.1. The molecule has 0 bridgehead atoms. The lowest BCUT2D eigenvalue weighted by molar-refractivity contribution is 0.00680. The molecule has 1 aromatic rings. The van der Waals surface area contributed by atoms with Crippen molar-refractivity contribution in [1.82, 2.24) is 0 Å². The number of methoxy groups -OCH3 is 1. The third kappa shape index (κ3) is 2.78. The first kappa shape index (κ1) is 11.2. The van der Waals surface area contributed by atoms with E-state index in [9.17, 15) is 9.59 Å². The van der Waals surface area contributed by atoms with Gasteiger partial charge in [0, 0.05) is 0 Å². The molecule has 0 fully saturated rings. The monoisotopic (exact) mass is 210 g/mol. The fourth-order valence-corrected chi connectivity index (χ4v) is 1.00. The van der Waals surface area contributed by atoms with Crippen LogP contribution < -0.4 is 0 Å². The number of rotatable bonds is 3. The molecule has 0 heterocycles. The van der Waals surface area contributed by atoms with Crippen LogP contribution in [0.25, 0.3) is 0 Å². The van der Waals surface area contributed by atoms with Crippen molar-refractivity contribution in [3.63, 3.8) is 0 Å². The quantitative estimate of drug-likeness (QED) is 0.583. The summed E-state index contributed by atoms with van der Waals surface area (Å²) in [6.45, 7) is -0.669. The van der Waals surface area contributed by atoms with Gasteiger partial charge in [0.2, 0.25) is 0 Å². The first-order chi connectivity index (χ1) is 7.19. The van der Waals surface area contributed by atoms with Gasteiger partial charge in [0.25, 0.3) is 0 Å². The number of esters is 2. The number of aliphatic hydroxyl groups excluding tert-OH is 1. The molecule has 1 aromatic carbocycles. The molecule has 0 aliphatic rings. The highest BCUT2D eigenvalue weighted by Crippen LogP contribution is 2.06. The predicted molar refractivity (Wildman–Crippen MR) is 50.3 cm³/mol. The van der Waals surface area contributed by atoms with E-state index in [0.717, 1.165) is 0 Å². The molecule has 15 heavy (non-hydrogen) atoms. The molecular formula is C10H10O5. The van der Waals surface area contributed by atoms with E-state index in [2.05, 4.69) is 9.47 Å². The molecule has 0 aliphatic carbocycles. The summed E-state index contributed by atoms with van der Waals surface area (Å²) >= 11 is 0. The van der Waals surface area contributed by atoms with Crippen LogP contribution in [0.1, 0.15) is 20.7 Å². The van der Waals surface area contributed by atoms with E-state index in [1.807, 2.05) is 0 Å². The molecule has 0 saturated heterocycles. The highest BCUT2D eigenvalue weighted by Gasteiger charge is 2.09. The minimum absolute atomic E-state index is 0.261. The number of ether oxygens (including phenoxy) is 2. The molecule has 5 nitrogen and oxygen atoms in total. The van der Waals surface area contributed by atoms with Crippen molar-refractivity contribution in [3.05, 3.63) is 35.4 Å². The summed E-state index contributed by atoms with van der Waals surface area (Å²) < 4.78 is 8.84. The average molecular weight is 210 g/mol. The molecule has 0 saturated carbocycles. The second-order valence-electron chi connectivity index (χ2n) is 2.63. The van der Waals surface area contributed by atoms with Crippen LogP contribution in [0.4, 0.5) is 0 Å². The van der Waals surface area contributed by atoms with Gasteiger partial charge < -0.3 is 14.6 Å². The number of hydrogen-bond donors (Lipinski definition) is 1. The Morgan fingerprint density at radius 2 is 1.60 bits per heavy atom. The van der Waals surface area contributed by atoms with Crippen LogP contribution >= 0.6 is 0 Å². The van der Waals surface area contributed by atoms with Crippen LogP contribution in [0.3, 0.4) is 0 Å². The molecule has 0 unspecified atom stereocenters. The molecule has 0 atom stereocenters. The molecule has 0 aromatic heterocycles. The van der Waals surface area contributed by atoms with Crippen molar-refractivity contribution in [1.29, 1.82) is 0 Å². The molecule has 0 radical (unpaired) electrons. The molecule has 0 spiro atoms. The minimum atomic E-state index is -0.669. The zero-order valence-electron chi connectivity index (χ0n) is 8.10. The third-order valence-electron chi connectivity index (χ3n) is 1.74. The van der Waals surface area contributed by atoms with Crippen LogP contribution in [0.5, 0.6) is 0 Å². The maximum Gasteiger partial charge on any atom is 0.340 e. The zero-order valence-corrected chi connectivity index (χ0v) is 8.10. The van der Waals surface area contributed by atoms with Gasteiger partial charge in [-0.05, 0) is 24.3 Å². The Kier molecular flexibility index (Phi) is 3.82.